The van der Waals surface area contributed by atoms with Gasteiger partial charge in [0.1, 0.15) is 11.3 Å². The van der Waals surface area contributed by atoms with Crippen molar-refractivity contribution in [2.75, 3.05) is 4.90 Å². The molecule has 11 rings (SSSR count). The minimum Gasteiger partial charge on any atom is -0.455 e. The average molecular weight is 766 g/mol. The summed E-state index contributed by atoms with van der Waals surface area (Å²) in [5, 5.41) is 6.05. The molecule has 10 aromatic carbocycles. The fourth-order valence-corrected chi connectivity index (χ4v) is 8.74. The average Bonchev–Trinajstić information content (AvgIpc) is 3.72. The van der Waals surface area contributed by atoms with E-state index >= 15 is 0 Å². The monoisotopic (exact) mass is 765 g/mol. The maximum Gasteiger partial charge on any atom is 0.143 e. The SMILES string of the molecule is c1ccc(-c2c(-c3cccc(-c4ccc(-c5ccc(N(c6ccc(-c7cccc8ccccc78)cc6)c6cccc7ccccc67)cc5)cc4)c3)oc3ccccc23)cc1. The zero-order valence-electron chi connectivity index (χ0n) is 32.9. The fourth-order valence-electron chi connectivity index (χ4n) is 8.74. The third-order valence-electron chi connectivity index (χ3n) is 11.7. The molecule has 0 radical (unpaired) electrons. The molecule has 282 valence electrons. The van der Waals surface area contributed by atoms with Gasteiger partial charge in [0.15, 0.2) is 0 Å². The highest BCUT2D eigenvalue weighted by molar-refractivity contribution is 6.03. The van der Waals surface area contributed by atoms with Gasteiger partial charge in [-0.25, -0.2) is 0 Å². The Morgan fingerprint density at radius 2 is 0.783 bits per heavy atom. The second kappa shape index (κ2) is 15.1. The third-order valence-corrected chi connectivity index (χ3v) is 11.7. The maximum atomic E-state index is 6.55. The Morgan fingerprint density at radius 3 is 1.50 bits per heavy atom. The third kappa shape index (κ3) is 6.41. The maximum absolute atomic E-state index is 6.55. The van der Waals surface area contributed by atoms with Crippen LogP contribution < -0.4 is 4.90 Å². The van der Waals surface area contributed by atoms with Crippen LogP contribution in [0.1, 0.15) is 0 Å². The topological polar surface area (TPSA) is 16.4 Å². The number of para-hydroxylation sites is 1. The predicted octanol–water partition coefficient (Wildman–Crippen LogP) is 16.5. The van der Waals surface area contributed by atoms with Crippen LogP contribution in [-0.4, -0.2) is 0 Å². The number of hydrogen-bond acceptors (Lipinski definition) is 2. The summed E-state index contributed by atoms with van der Waals surface area (Å²) in [7, 11) is 0. The van der Waals surface area contributed by atoms with Gasteiger partial charge in [-0.2, -0.15) is 0 Å². The smallest absolute Gasteiger partial charge is 0.143 e. The summed E-state index contributed by atoms with van der Waals surface area (Å²) in [6, 6.07) is 84.7. The van der Waals surface area contributed by atoms with E-state index in [0.717, 1.165) is 67.2 Å². The summed E-state index contributed by atoms with van der Waals surface area (Å²) < 4.78 is 6.55. The Kier molecular flexibility index (Phi) is 8.87. The quantitative estimate of drug-likeness (QED) is 0.153. The minimum absolute atomic E-state index is 0.888. The van der Waals surface area contributed by atoms with Crippen LogP contribution in [0.4, 0.5) is 17.1 Å². The lowest BCUT2D eigenvalue weighted by Crippen LogP contribution is -2.10. The molecule has 1 heterocycles. The van der Waals surface area contributed by atoms with Crippen molar-refractivity contribution in [2.45, 2.75) is 0 Å². The van der Waals surface area contributed by atoms with Gasteiger partial charge in [0.2, 0.25) is 0 Å². The molecule has 0 saturated carbocycles. The van der Waals surface area contributed by atoms with E-state index < -0.39 is 0 Å². The van der Waals surface area contributed by atoms with Gasteiger partial charge in [0, 0.05) is 33.3 Å². The van der Waals surface area contributed by atoms with Crippen molar-refractivity contribution < 1.29 is 4.42 Å². The molecule has 0 aliphatic heterocycles. The molecule has 0 fully saturated rings. The first kappa shape index (κ1) is 35.2. The van der Waals surface area contributed by atoms with Crippen molar-refractivity contribution in [3.8, 4) is 55.8 Å². The van der Waals surface area contributed by atoms with Crippen molar-refractivity contribution in [1.82, 2.24) is 0 Å². The van der Waals surface area contributed by atoms with Crippen molar-refractivity contribution in [2.24, 2.45) is 0 Å². The first-order valence-corrected chi connectivity index (χ1v) is 20.5. The molecule has 60 heavy (non-hydrogen) atoms. The van der Waals surface area contributed by atoms with E-state index in [0.29, 0.717) is 0 Å². The van der Waals surface area contributed by atoms with Gasteiger partial charge < -0.3 is 9.32 Å². The lowest BCUT2D eigenvalue weighted by Gasteiger charge is -2.27. The second-order valence-corrected chi connectivity index (χ2v) is 15.3. The van der Waals surface area contributed by atoms with E-state index in [4.69, 9.17) is 4.42 Å². The number of furan rings is 1. The Labute approximate surface area is 349 Å². The number of rotatable bonds is 8. The highest BCUT2D eigenvalue weighted by Crippen LogP contribution is 2.43. The number of fused-ring (bicyclic) bond motifs is 3. The number of benzene rings is 10. The van der Waals surface area contributed by atoms with Crippen molar-refractivity contribution >= 4 is 49.6 Å². The van der Waals surface area contributed by atoms with E-state index in [-0.39, 0.29) is 0 Å². The van der Waals surface area contributed by atoms with Crippen molar-refractivity contribution in [3.63, 3.8) is 0 Å². The Morgan fingerprint density at radius 1 is 0.300 bits per heavy atom. The summed E-state index contributed by atoms with van der Waals surface area (Å²) >= 11 is 0. The molecule has 0 aliphatic carbocycles. The molecular formula is C58H39NO. The van der Waals surface area contributed by atoms with Crippen LogP contribution in [0.25, 0.3) is 88.3 Å². The molecule has 0 saturated heterocycles. The molecule has 0 bridgehead atoms. The summed E-state index contributed by atoms with van der Waals surface area (Å²) in [5.74, 6) is 0.888. The zero-order chi connectivity index (χ0) is 39.8. The Balaban J connectivity index is 0.915. The van der Waals surface area contributed by atoms with Crippen LogP contribution in [0, 0.1) is 0 Å². The Hall–Kier alpha value is -7.94. The molecule has 0 amide bonds. The highest BCUT2D eigenvalue weighted by Gasteiger charge is 2.19. The molecule has 2 nitrogen and oxygen atoms in total. The molecule has 2 heteroatoms. The zero-order valence-corrected chi connectivity index (χ0v) is 32.9. The van der Waals surface area contributed by atoms with Crippen LogP contribution >= 0.6 is 0 Å². The van der Waals surface area contributed by atoms with Gasteiger partial charge in [-0.05, 0) is 97.6 Å². The molecule has 0 atom stereocenters. The number of anilines is 3. The summed E-state index contributed by atoms with van der Waals surface area (Å²) in [6.45, 7) is 0. The van der Waals surface area contributed by atoms with Gasteiger partial charge in [-0.1, -0.05) is 194 Å². The second-order valence-electron chi connectivity index (χ2n) is 15.3. The minimum atomic E-state index is 0.888. The van der Waals surface area contributed by atoms with Gasteiger partial charge in [0.05, 0.1) is 5.69 Å². The van der Waals surface area contributed by atoms with Gasteiger partial charge in [-0.15, -0.1) is 0 Å². The van der Waals surface area contributed by atoms with Crippen molar-refractivity contribution in [3.05, 3.63) is 237 Å². The van der Waals surface area contributed by atoms with Crippen LogP contribution in [0.15, 0.2) is 241 Å². The fraction of sp³-hybridized carbons (Fsp3) is 0. The van der Waals surface area contributed by atoms with E-state index in [2.05, 4.69) is 229 Å². The normalized spacial score (nSPS) is 11.3. The molecule has 0 aliphatic rings. The van der Waals surface area contributed by atoms with Gasteiger partial charge in [0.25, 0.3) is 0 Å². The van der Waals surface area contributed by atoms with Gasteiger partial charge >= 0.3 is 0 Å². The predicted molar refractivity (Wildman–Crippen MR) is 253 cm³/mol. The van der Waals surface area contributed by atoms with Gasteiger partial charge in [-0.3, -0.25) is 0 Å². The summed E-state index contributed by atoms with van der Waals surface area (Å²) in [4.78, 5) is 2.38. The molecule has 1 aromatic heterocycles. The van der Waals surface area contributed by atoms with E-state index in [1.807, 2.05) is 12.1 Å². The molecule has 0 unspecified atom stereocenters. The van der Waals surface area contributed by atoms with E-state index in [9.17, 15) is 0 Å². The standard InChI is InChI=1S/C58H39NO/c1-2-15-46(16-3-1)57-54-23-8-9-26-56(54)60-58(57)48-20-10-19-47(39-48)42-29-27-40(28-30-42)41-31-35-49(36-32-41)59(55-25-12-18-44-14-5-7-22-53(44)55)50-37-33-45(34-38-50)52-24-11-17-43-13-4-6-21-51(43)52/h1-39H. The molecule has 0 N–H and O–H groups in total. The first-order chi connectivity index (χ1) is 29.7. The van der Waals surface area contributed by atoms with Crippen molar-refractivity contribution in [1.29, 1.82) is 0 Å². The lowest BCUT2D eigenvalue weighted by molar-refractivity contribution is 0.632. The van der Waals surface area contributed by atoms with Crippen LogP contribution in [0.3, 0.4) is 0 Å². The van der Waals surface area contributed by atoms with Crippen LogP contribution in [0.2, 0.25) is 0 Å². The largest absolute Gasteiger partial charge is 0.455 e. The first-order valence-electron chi connectivity index (χ1n) is 20.5. The molecular weight excluding hydrogens is 727 g/mol. The number of hydrogen-bond donors (Lipinski definition) is 0. The summed E-state index contributed by atoms with van der Waals surface area (Å²) in [6.07, 6.45) is 0. The van der Waals surface area contributed by atoms with Crippen LogP contribution in [0.5, 0.6) is 0 Å². The highest BCUT2D eigenvalue weighted by atomic mass is 16.3. The van der Waals surface area contributed by atoms with E-state index in [1.54, 1.807) is 0 Å². The summed E-state index contributed by atoms with van der Waals surface area (Å²) in [5.41, 5.74) is 14.6. The lowest BCUT2D eigenvalue weighted by atomic mass is 9.95. The van der Waals surface area contributed by atoms with Crippen LogP contribution in [-0.2, 0) is 0 Å². The Bertz CT molecular complexity index is 3280. The van der Waals surface area contributed by atoms with E-state index in [1.165, 1.54) is 38.2 Å². The molecule has 11 aromatic rings. The molecule has 0 spiro atoms. The number of nitrogens with zero attached hydrogens (tertiary/aromatic N) is 1.